The van der Waals surface area contributed by atoms with Gasteiger partial charge in [-0.25, -0.2) is 0 Å². The Kier molecular flexibility index (Phi) is 6.07. The molecule has 0 aromatic carbocycles. The van der Waals surface area contributed by atoms with Crippen molar-refractivity contribution in [1.29, 1.82) is 0 Å². The standard InChI is InChI=1S/C14H28N2/c1-5-6-15-8-14(4)11-16-9-12(2)7-13(3)10-16/h12-13,15H,4-11H2,1-3H3. The highest BCUT2D eigenvalue weighted by Crippen LogP contribution is 2.21. The molecule has 1 N–H and O–H groups in total. The highest BCUT2D eigenvalue weighted by atomic mass is 15.1. The zero-order valence-electron chi connectivity index (χ0n) is 11.3. The lowest BCUT2D eigenvalue weighted by Crippen LogP contribution is -2.40. The fraction of sp³-hybridized carbons (Fsp3) is 0.857. The highest BCUT2D eigenvalue weighted by molar-refractivity contribution is 5.00. The van der Waals surface area contributed by atoms with Crippen LogP contribution in [0.4, 0.5) is 0 Å². The van der Waals surface area contributed by atoms with Gasteiger partial charge >= 0.3 is 0 Å². The minimum Gasteiger partial charge on any atom is -0.313 e. The molecule has 1 fully saturated rings. The summed E-state index contributed by atoms with van der Waals surface area (Å²) in [7, 11) is 0. The summed E-state index contributed by atoms with van der Waals surface area (Å²) >= 11 is 0. The Morgan fingerprint density at radius 3 is 2.50 bits per heavy atom. The van der Waals surface area contributed by atoms with E-state index in [0.717, 1.165) is 31.5 Å². The van der Waals surface area contributed by atoms with Gasteiger partial charge in [-0.05, 0) is 36.8 Å². The van der Waals surface area contributed by atoms with E-state index in [1.165, 1.54) is 31.5 Å². The second-order valence-corrected chi connectivity index (χ2v) is 5.57. The zero-order valence-corrected chi connectivity index (χ0v) is 11.3. The van der Waals surface area contributed by atoms with Crippen LogP contribution in [-0.4, -0.2) is 37.6 Å². The zero-order chi connectivity index (χ0) is 12.0. The topological polar surface area (TPSA) is 15.3 Å². The molecule has 0 aromatic rings. The van der Waals surface area contributed by atoms with Gasteiger partial charge in [0.1, 0.15) is 0 Å². The Hall–Kier alpha value is -0.340. The van der Waals surface area contributed by atoms with Crippen LogP contribution in [0.5, 0.6) is 0 Å². The van der Waals surface area contributed by atoms with Crippen molar-refractivity contribution in [1.82, 2.24) is 10.2 Å². The van der Waals surface area contributed by atoms with Gasteiger partial charge < -0.3 is 5.32 Å². The van der Waals surface area contributed by atoms with Gasteiger partial charge in [-0.2, -0.15) is 0 Å². The Morgan fingerprint density at radius 2 is 1.94 bits per heavy atom. The number of nitrogens with one attached hydrogen (secondary N) is 1. The first-order valence-electron chi connectivity index (χ1n) is 6.71. The summed E-state index contributed by atoms with van der Waals surface area (Å²) in [5.41, 5.74) is 1.33. The average molecular weight is 224 g/mol. The maximum Gasteiger partial charge on any atom is 0.0203 e. The molecular formula is C14H28N2. The molecule has 0 aliphatic carbocycles. The van der Waals surface area contributed by atoms with Crippen LogP contribution in [0.2, 0.25) is 0 Å². The molecule has 2 nitrogen and oxygen atoms in total. The summed E-state index contributed by atoms with van der Waals surface area (Å²) in [4.78, 5) is 2.56. The van der Waals surface area contributed by atoms with E-state index >= 15 is 0 Å². The predicted molar refractivity (Wildman–Crippen MR) is 71.7 cm³/mol. The summed E-state index contributed by atoms with van der Waals surface area (Å²) in [6, 6.07) is 0. The van der Waals surface area contributed by atoms with Crippen molar-refractivity contribution < 1.29 is 0 Å². The maximum absolute atomic E-state index is 4.17. The number of piperidine rings is 1. The van der Waals surface area contributed by atoms with Crippen LogP contribution in [0, 0.1) is 11.8 Å². The molecule has 1 aliphatic heterocycles. The molecule has 1 rings (SSSR count). The second-order valence-electron chi connectivity index (χ2n) is 5.57. The van der Waals surface area contributed by atoms with E-state index in [1.807, 2.05) is 0 Å². The Balaban J connectivity index is 2.22. The molecule has 0 radical (unpaired) electrons. The SMILES string of the molecule is C=C(CNCCC)CN1CC(C)CC(C)C1. The average Bonchev–Trinajstić information content (AvgIpc) is 2.16. The molecule has 0 spiro atoms. The minimum absolute atomic E-state index is 0.847. The number of rotatable bonds is 6. The molecular weight excluding hydrogens is 196 g/mol. The molecule has 2 unspecified atom stereocenters. The molecule has 94 valence electrons. The van der Waals surface area contributed by atoms with Crippen molar-refractivity contribution in [2.24, 2.45) is 11.8 Å². The van der Waals surface area contributed by atoms with E-state index < -0.39 is 0 Å². The van der Waals surface area contributed by atoms with Gasteiger partial charge in [0.05, 0.1) is 0 Å². The normalized spacial score (nSPS) is 26.9. The molecule has 16 heavy (non-hydrogen) atoms. The van der Waals surface area contributed by atoms with E-state index in [4.69, 9.17) is 0 Å². The lowest BCUT2D eigenvalue weighted by molar-refractivity contribution is 0.151. The van der Waals surface area contributed by atoms with Crippen molar-refractivity contribution in [3.8, 4) is 0 Å². The van der Waals surface area contributed by atoms with Crippen molar-refractivity contribution in [3.63, 3.8) is 0 Å². The molecule has 0 amide bonds. The van der Waals surface area contributed by atoms with Crippen LogP contribution in [0.3, 0.4) is 0 Å². The molecule has 1 aliphatic rings. The fourth-order valence-corrected chi connectivity index (χ4v) is 2.74. The van der Waals surface area contributed by atoms with E-state index in [-0.39, 0.29) is 0 Å². The first-order chi connectivity index (χ1) is 7.61. The van der Waals surface area contributed by atoms with Crippen LogP contribution in [0.1, 0.15) is 33.6 Å². The summed E-state index contributed by atoms with van der Waals surface area (Å²) in [5, 5.41) is 3.42. The Bertz CT molecular complexity index is 203. The van der Waals surface area contributed by atoms with Gasteiger partial charge in [0.2, 0.25) is 0 Å². The lowest BCUT2D eigenvalue weighted by Gasteiger charge is -2.35. The van der Waals surface area contributed by atoms with Gasteiger partial charge in [-0.1, -0.05) is 27.4 Å². The van der Waals surface area contributed by atoms with Gasteiger partial charge in [-0.15, -0.1) is 0 Å². The summed E-state index contributed by atoms with van der Waals surface area (Å²) in [6.07, 6.45) is 2.59. The van der Waals surface area contributed by atoms with Gasteiger partial charge in [0.15, 0.2) is 0 Å². The van der Waals surface area contributed by atoms with E-state index in [9.17, 15) is 0 Å². The Morgan fingerprint density at radius 1 is 1.31 bits per heavy atom. The van der Waals surface area contributed by atoms with E-state index in [0.29, 0.717) is 0 Å². The molecule has 2 heteroatoms. The van der Waals surface area contributed by atoms with Crippen LogP contribution in [-0.2, 0) is 0 Å². The third-order valence-electron chi connectivity index (χ3n) is 3.19. The number of likely N-dealkylation sites (tertiary alicyclic amines) is 1. The van der Waals surface area contributed by atoms with Crippen molar-refractivity contribution in [2.45, 2.75) is 33.6 Å². The van der Waals surface area contributed by atoms with Crippen LogP contribution in [0.25, 0.3) is 0 Å². The monoisotopic (exact) mass is 224 g/mol. The van der Waals surface area contributed by atoms with Gasteiger partial charge in [0, 0.05) is 26.2 Å². The first-order valence-corrected chi connectivity index (χ1v) is 6.71. The van der Waals surface area contributed by atoms with Gasteiger partial charge in [-0.3, -0.25) is 4.90 Å². The molecule has 0 saturated carbocycles. The molecule has 0 aromatic heterocycles. The molecule has 1 heterocycles. The highest BCUT2D eigenvalue weighted by Gasteiger charge is 2.21. The summed E-state index contributed by atoms with van der Waals surface area (Å²) < 4.78 is 0. The van der Waals surface area contributed by atoms with E-state index in [1.54, 1.807) is 0 Å². The van der Waals surface area contributed by atoms with Crippen molar-refractivity contribution in [3.05, 3.63) is 12.2 Å². The molecule has 0 bridgehead atoms. The molecule has 2 atom stereocenters. The second kappa shape index (κ2) is 7.08. The Labute approximate surface area is 101 Å². The molecule has 1 saturated heterocycles. The van der Waals surface area contributed by atoms with Gasteiger partial charge in [0.25, 0.3) is 0 Å². The minimum atomic E-state index is 0.847. The number of nitrogens with zero attached hydrogens (tertiary/aromatic N) is 1. The van der Waals surface area contributed by atoms with Crippen molar-refractivity contribution in [2.75, 3.05) is 32.7 Å². The quantitative estimate of drug-likeness (QED) is 0.551. The van der Waals surface area contributed by atoms with Crippen LogP contribution in [0.15, 0.2) is 12.2 Å². The van der Waals surface area contributed by atoms with E-state index in [2.05, 4.69) is 37.6 Å². The van der Waals surface area contributed by atoms with Crippen molar-refractivity contribution >= 4 is 0 Å². The van der Waals surface area contributed by atoms with Crippen LogP contribution >= 0.6 is 0 Å². The smallest absolute Gasteiger partial charge is 0.0203 e. The number of hydrogen-bond acceptors (Lipinski definition) is 2. The summed E-state index contributed by atoms with van der Waals surface area (Å²) in [6.45, 7) is 16.7. The number of hydrogen-bond donors (Lipinski definition) is 1. The first kappa shape index (κ1) is 13.7. The predicted octanol–water partition coefficient (Wildman–Crippen LogP) is 2.52. The van der Waals surface area contributed by atoms with Crippen LogP contribution < -0.4 is 5.32 Å². The fourth-order valence-electron chi connectivity index (χ4n) is 2.74. The largest absolute Gasteiger partial charge is 0.313 e. The lowest BCUT2D eigenvalue weighted by atomic mass is 9.92. The third kappa shape index (κ3) is 5.13. The maximum atomic E-state index is 4.17. The summed E-state index contributed by atoms with van der Waals surface area (Å²) in [5.74, 6) is 1.69. The third-order valence-corrected chi connectivity index (χ3v) is 3.19.